The number of rotatable bonds is 6. The summed E-state index contributed by atoms with van der Waals surface area (Å²) in [6.45, 7) is 3.99. The summed E-state index contributed by atoms with van der Waals surface area (Å²) in [7, 11) is 0. The fraction of sp³-hybridized carbons (Fsp3) is 0.476. The number of nitrogens with zero attached hydrogens (tertiary/aromatic N) is 3. The number of carbonyl (C=O) groups excluding carboxylic acids is 1. The number of nitrogens with one attached hydrogen (secondary N) is 1. The Hall–Kier alpha value is -2.45. The van der Waals surface area contributed by atoms with E-state index in [4.69, 9.17) is 14.5 Å². The second-order valence-electron chi connectivity index (χ2n) is 7.60. The lowest BCUT2D eigenvalue weighted by atomic mass is 9.97. The van der Waals surface area contributed by atoms with Gasteiger partial charge in [0.05, 0.1) is 17.3 Å². The lowest BCUT2D eigenvalue weighted by Crippen LogP contribution is -2.14. The summed E-state index contributed by atoms with van der Waals surface area (Å²) in [6.07, 6.45) is 8.25. The standard InChI is InChI=1S/C21H24N4O3S/c1-2-28-18-9-19-22-15(13-5-7-27-8-6-13)10-25(19)11-16(18)23-20(26)17-12-29-21(24-17)14-3-4-14/h9-14H,2-8H2,1H3,(H,23,26). The number of ether oxygens (including phenoxy) is 2. The summed E-state index contributed by atoms with van der Waals surface area (Å²) in [5.41, 5.74) is 2.97. The molecule has 0 spiro atoms. The van der Waals surface area contributed by atoms with E-state index in [1.54, 1.807) is 11.3 Å². The van der Waals surface area contributed by atoms with Gasteiger partial charge >= 0.3 is 0 Å². The van der Waals surface area contributed by atoms with Crippen LogP contribution < -0.4 is 10.1 Å². The van der Waals surface area contributed by atoms with E-state index in [0.717, 1.165) is 42.4 Å². The zero-order chi connectivity index (χ0) is 19.8. The number of aromatic nitrogens is 3. The predicted molar refractivity (Wildman–Crippen MR) is 111 cm³/mol. The van der Waals surface area contributed by atoms with Gasteiger partial charge in [-0.3, -0.25) is 4.79 Å². The molecule has 0 bridgehead atoms. The molecule has 3 aromatic rings. The summed E-state index contributed by atoms with van der Waals surface area (Å²) in [5.74, 6) is 1.37. The lowest BCUT2D eigenvalue weighted by molar-refractivity contribution is 0.0846. The van der Waals surface area contributed by atoms with E-state index >= 15 is 0 Å². The Morgan fingerprint density at radius 2 is 2.07 bits per heavy atom. The van der Waals surface area contributed by atoms with Crippen LogP contribution in [0.15, 0.2) is 23.8 Å². The van der Waals surface area contributed by atoms with Crippen LogP contribution in [0.2, 0.25) is 0 Å². The van der Waals surface area contributed by atoms with Crippen LogP contribution >= 0.6 is 11.3 Å². The van der Waals surface area contributed by atoms with E-state index in [9.17, 15) is 4.79 Å². The molecule has 0 unspecified atom stereocenters. The van der Waals surface area contributed by atoms with Crippen LogP contribution in [0.4, 0.5) is 5.69 Å². The quantitative estimate of drug-likeness (QED) is 0.656. The Bertz CT molecular complexity index is 1030. The second-order valence-corrected chi connectivity index (χ2v) is 8.49. The fourth-order valence-electron chi connectivity index (χ4n) is 3.69. The zero-order valence-electron chi connectivity index (χ0n) is 16.4. The van der Waals surface area contributed by atoms with Gasteiger partial charge in [0.25, 0.3) is 5.91 Å². The van der Waals surface area contributed by atoms with Gasteiger partial charge in [-0.25, -0.2) is 9.97 Å². The molecule has 4 heterocycles. The third-order valence-corrected chi connectivity index (χ3v) is 6.45. The molecule has 3 aromatic heterocycles. The minimum absolute atomic E-state index is 0.210. The zero-order valence-corrected chi connectivity index (χ0v) is 17.2. The minimum Gasteiger partial charge on any atom is -0.491 e. The third-order valence-electron chi connectivity index (χ3n) is 5.44. The van der Waals surface area contributed by atoms with Crippen molar-refractivity contribution < 1.29 is 14.3 Å². The molecule has 0 atom stereocenters. The first-order chi connectivity index (χ1) is 14.2. The number of fused-ring (bicyclic) bond motifs is 1. The van der Waals surface area contributed by atoms with Crippen molar-refractivity contribution >= 4 is 28.6 Å². The van der Waals surface area contributed by atoms with Gasteiger partial charge in [-0.15, -0.1) is 11.3 Å². The maximum Gasteiger partial charge on any atom is 0.275 e. The van der Waals surface area contributed by atoms with Crippen molar-refractivity contribution in [2.24, 2.45) is 0 Å². The summed E-state index contributed by atoms with van der Waals surface area (Å²) in [6, 6.07) is 1.89. The van der Waals surface area contributed by atoms with Crippen molar-refractivity contribution in [1.29, 1.82) is 0 Å². The van der Waals surface area contributed by atoms with Gasteiger partial charge < -0.3 is 19.2 Å². The summed E-state index contributed by atoms with van der Waals surface area (Å²) in [4.78, 5) is 22.1. The molecule has 7 nitrogen and oxygen atoms in total. The first-order valence-corrected chi connectivity index (χ1v) is 11.1. The number of carbonyl (C=O) groups is 1. The molecule has 0 aromatic carbocycles. The van der Waals surface area contributed by atoms with Crippen LogP contribution in [0, 0.1) is 0 Å². The Kier molecular flexibility index (Phi) is 4.97. The maximum atomic E-state index is 12.8. The number of anilines is 1. The highest BCUT2D eigenvalue weighted by molar-refractivity contribution is 7.10. The number of pyridine rings is 1. The van der Waals surface area contributed by atoms with E-state index < -0.39 is 0 Å². The molecule has 1 aliphatic heterocycles. The van der Waals surface area contributed by atoms with Crippen molar-refractivity contribution in [2.45, 2.75) is 44.4 Å². The molecule has 1 saturated heterocycles. The van der Waals surface area contributed by atoms with Crippen molar-refractivity contribution in [2.75, 3.05) is 25.1 Å². The smallest absolute Gasteiger partial charge is 0.275 e. The molecule has 0 radical (unpaired) electrons. The fourth-order valence-corrected chi connectivity index (χ4v) is 4.66. The highest BCUT2D eigenvalue weighted by atomic mass is 32.1. The Morgan fingerprint density at radius 1 is 1.24 bits per heavy atom. The van der Waals surface area contributed by atoms with Gasteiger partial charge in [0, 0.05) is 48.9 Å². The maximum absolute atomic E-state index is 12.8. The molecule has 8 heteroatoms. The van der Waals surface area contributed by atoms with Gasteiger partial charge in [0.15, 0.2) is 0 Å². The van der Waals surface area contributed by atoms with Crippen LogP contribution in [0.5, 0.6) is 5.75 Å². The van der Waals surface area contributed by atoms with E-state index in [0.29, 0.717) is 35.6 Å². The number of thiazole rings is 1. The molecule has 5 rings (SSSR count). The van der Waals surface area contributed by atoms with Gasteiger partial charge in [-0.2, -0.15) is 0 Å². The van der Waals surface area contributed by atoms with Crippen molar-refractivity contribution in [1.82, 2.24) is 14.4 Å². The first-order valence-electron chi connectivity index (χ1n) is 10.2. The summed E-state index contributed by atoms with van der Waals surface area (Å²) in [5, 5.41) is 5.87. The van der Waals surface area contributed by atoms with Crippen LogP contribution in [0.1, 0.15) is 65.6 Å². The topological polar surface area (TPSA) is 77.8 Å². The average Bonchev–Trinajstić information content (AvgIpc) is 3.31. The Labute approximate surface area is 173 Å². The van der Waals surface area contributed by atoms with E-state index in [1.807, 2.05) is 35.2 Å². The van der Waals surface area contributed by atoms with Gasteiger partial charge in [0.1, 0.15) is 22.8 Å². The summed E-state index contributed by atoms with van der Waals surface area (Å²) >= 11 is 1.57. The molecular weight excluding hydrogens is 388 g/mol. The molecule has 1 amide bonds. The molecule has 29 heavy (non-hydrogen) atoms. The molecular formula is C21H24N4O3S. The third kappa shape index (κ3) is 3.86. The average molecular weight is 413 g/mol. The molecule has 152 valence electrons. The molecule has 2 aliphatic rings. The molecule has 1 N–H and O–H groups in total. The van der Waals surface area contributed by atoms with Crippen LogP contribution in [-0.4, -0.2) is 40.1 Å². The molecule has 1 saturated carbocycles. The van der Waals surface area contributed by atoms with Crippen LogP contribution in [0.3, 0.4) is 0 Å². The number of amides is 1. The Morgan fingerprint density at radius 3 is 2.83 bits per heavy atom. The van der Waals surface area contributed by atoms with E-state index in [-0.39, 0.29) is 5.91 Å². The minimum atomic E-state index is -0.210. The molecule has 2 fully saturated rings. The summed E-state index contributed by atoms with van der Waals surface area (Å²) < 4.78 is 13.2. The van der Waals surface area contributed by atoms with Gasteiger partial charge in [0.2, 0.25) is 0 Å². The highest BCUT2D eigenvalue weighted by Crippen LogP contribution is 2.41. The van der Waals surface area contributed by atoms with Crippen molar-refractivity contribution in [3.05, 3.63) is 40.2 Å². The first kappa shape index (κ1) is 18.6. The van der Waals surface area contributed by atoms with Gasteiger partial charge in [-0.1, -0.05) is 0 Å². The SMILES string of the molecule is CCOc1cc2nc(C3CCOCC3)cn2cc1NC(=O)c1csc(C2CC2)n1. The van der Waals surface area contributed by atoms with Crippen LogP contribution in [-0.2, 0) is 4.74 Å². The van der Waals surface area contributed by atoms with E-state index in [1.165, 1.54) is 12.8 Å². The monoisotopic (exact) mass is 412 g/mol. The molecule has 1 aliphatic carbocycles. The van der Waals surface area contributed by atoms with Crippen molar-refractivity contribution in [3.63, 3.8) is 0 Å². The largest absolute Gasteiger partial charge is 0.491 e. The van der Waals surface area contributed by atoms with E-state index in [2.05, 4.69) is 10.3 Å². The number of imidazole rings is 1. The number of hydrogen-bond acceptors (Lipinski definition) is 6. The lowest BCUT2D eigenvalue weighted by Gasteiger charge is -2.19. The normalized spacial score (nSPS) is 17.6. The second kappa shape index (κ2) is 7.76. The van der Waals surface area contributed by atoms with Gasteiger partial charge in [-0.05, 0) is 32.6 Å². The van der Waals surface area contributed by atoms with Crippen LogP contribution in [0.25, 0.3) is 5.65 Å². The predicted octanol–water partition coefficient (Wildman–Crippen LogP) is 4.21. The van der Waals surface area contributed by atoms with Crippen molar-refractivity contribution in [3.8, 4) is 5.75 Å². The Balaban J connectivity index is 1.42. The highest BCUT2D eigenvalue weighted by Gasteiger charge is 2.28. The number of hydrogen-bond donors (Lipinski definition) is 1.